The summed E-state index contributed by atoms with van der Waals surface area (Å²) in [4.78, 5) is 20.3. The van der Waals surface area contributed by atoms with Crippen LogP contribution < -0.4 is 14.8 Å². The molecule has 1 saturated carbocycles. The van der Waals surface area contributed by atoms with Gasteiger partial charge in [-0.3, -0.25) is 9.58 Å². The molecule has 4 aromatic heterocycles. The van der Waals surface area contributed by atoms with Crippen molar-refractivity contribution < 1.29 is 14.2 Å². The van der Waals surface area contributed by atoms with Gasteiger partial charge in [0.05, 0.1) is 37.6 Å². The Kier molecular flexibility index (Phi) is 9.90. The molecule has 16 nitrogen and oxygen atoms in total. The topological polar surface area (TPSA) is 180 Å². The molecule has 2 fully saturated rings. The van der Waals surface area contributed by atoms with Crippen LogP contribution in [0.1, 0.15) is 50.0 Å². The number of aromatic nitrogens is 10. The van der Waals surface area contributed by atoms with Crippen LogP contribution in [0.3, 0.4) is 0 Å². The maximum absolute atomic E-state index is 9.67. The SMILES string of the molecule is C[C@@H](Cn1cnnn1)Oc1cc(-c2cnc(Nc3cn(C4CCC(N5CCOCC5)CC4)nc3OCc3ncccn3)nc2)ccc1C#N. The number of anilines is 2. The monoisotopic (exact) mass is 663 g/mol. The summed E-state index contributed by atoms with van der Waals surface area (Å²) in [6.07, 6.45) is 14.3. The molecule has 0 spiro atoms. The lowest BCUT2D eigenvalue weighted by Crippen LogP contribution is -2.45. The summed E-state index contributed by atoms with van der Waals surface area (Å²) in [5.74, 6) is 1.84. The van der Waals surface area contributed by atoms with Gasteiger partial charge in [-0.1, -0.05) is 6.07 Å². The number of tetrazole rings is 1. The molecule has 0 bridgehead atoms. The highest BCUT2D eigenvalue weighted by Crippen LogP contribution is 2.35. The fourth-order valence-corrected chi connectivity index (χ4v) is 6.26. The molecule has 2 aliphatic rings. The molecule has 0 amide bonds. The molecule has 16 heteroatoms. The molecule has 0 unspecified atom stereocenters. The molecule has 1 saturated heterocycles. The first-order valence-corrected chi connectivity index (χ1v) is 16.4. The van der Waals surface area contributed by atoms with Gasteiger partial charge in [0.25, 0.3) is 5.88 Å². The Labute approximate surface area is 283 Å². The number of hydrogen-bond acceptors (Lipinski definition) is 14. The number of nitriles is 1. The van der Waals surface area contributed by atoms with E-state index in [1.165, 1.54) is 6.33 Å². The minimum atomic E-state index is -0.278. The summed E-state index contributed by atoms with van der Waals surface area (Å²) in [6.45, 7) is 6.14. The second kappa shape index (κ2) is 15.1. The van der Waals surface area contributed by atoms with Crippen LogP contribution in [0.4, 0.5) is 11.6 Å². The van der Waals surface area contributed by atoms with Gasteiger partial charge in [0, 0.05) is 49.5 Å². The average Bonchev–Trinajstić information content (AvgIpc) is 3.82. The number of benzene rings is 1. The summed E-state index contributed by atoms with van der Waals surface area (Å²) in [5, 5.41) is 29.0. The van der Waals surface area contributed by atoms with Gasteiger partial charge in [-0.25, -0.2) is 24.6 Å². The zero-order chi connectivity index (χ0) is 33.4. The van der Waals surface area contributed by atoms with Crippen LogP contribution in [-0.4, -0.2) is 93.3 Å². The number of nitrogens with zero attached hydrogens (tertiary/aromatic N) is 12. The Morgan fingerprint density at radius 2 is 1.80 bits per heavy atom. The first-order chi connectivity index (χ1) is 24.1. The number of ether oxygens (including phenoxy) is 3. The Hall–Kier alpha value is -5.53. The van der Waals surface area contributed by atoms with Gasteiger partial charge < -0.3 is 19.5 Å². The third kappa shape index (κ3) is 7.96. The molecule has 252 valence electrons. The van der Waals surface area contributed by atoms with Crippen molar-refractivity contribution in [3.63, 3.8) is 0 Å². The number of hydrogen-bond donors (Lipinski definition) is 1. The predicted molar refractivity (Wildman–Crippen MR) is 176 cm³/mol. The minimum Gasteiger partial charge on any atom is -0.487 e. The molecule has 1 aliphatic carbocycles. The maximum atomic E-state index is 9.67. The van der Waals surface area contributed by atoms with E-state index in [0.717, 1.165) is 63.1 Å². The quantitative estimate of drug-likeness (QED) is 0.205. The van der Waals surface area contributed by atoms with E-state index in [1.807, 2.05) is 29.9 Å². The lowest BCUT2D eigenvalue weighted by Gasteiger charge is -2.38. The number of rotatable bonds is 12. The van der Waals surface area contributed by atoms with E-state index in [9.17, 15) is 5.26 Å². The van der Waals surface area contributed by atoms with Crippen LogP contribution in [0.15, 0.2) is 61.6 Å². The lowest BCUT2D eigenvalue weighted by atomic mass is 9.90. The molecule has 1 aromatic carbocycles. The van der Waals surface area contributed by atoms with Gasteiger partial charge in [0.2, 0.25) is 5.95 Å². The Morgan fingerprint density at radius 1 is 1.02 bits per heavy atom. The fourth-order valence-electron chi connectivity index (χ4n) is 6.26. The van der Waals surface area contributed by atoms with Gasteiger partial charge in [0.1, 0.15) is 36.5 Å². The van der Waals surface area contributed by atoms with Crippen LogP contribution in [0.25, 0.3) is 11.1 Å². The smallest absolute Gasteiger partial charge is 0.257 e. The standard InChI is InChI=1S/C33H37N13O3/c1-23(19-45-22-39-42-43-45)49-30-15-24(3-4-25(30)16-34)26-17-37-33(38-18-26)40-29-20-46(41-32(29)48-21-31-35-9-2-10-36-31)28-7-5-27(6-8-28)44-11-13-47-14-12-44/h2-4,9-10,15,17-18,20,22-23,27-28H,5-8,11-14,19,21H2,1H3,(H,37,38,40)/t23-,27?,28?/m0/s1. The van der Waals surface area contributed by atoms with Gasteiger partial charge in [0.15, 0.2) is 5.82 Å². The first-order valence-electron chi connectivity index (χ1n) is 16.4. The zero-order valence-electron chi connectivity index (χ0n) is 27.2. The predicted octanol–water partition coefficient (Wildman–Crippen LogP) is 3.59. The van der Waals surface area contributed by atoms with Crippen LogP contribution in [0, 0.1) is 11.3 Å². The summed E-state index contributed by atoms with van der Waals surface area (Å²) < 4.78 is 21.4. The summed E-state index contributed by atoms with van der Waals surface area (Å²) in [7, 11) is 0. The second-order valence-corrected chi connectivity index (χ2v) is 12.1. The molecular weight excluding hydrogens is 626 g/mol. The summed E-state index contributed by atoms with van der Waals surface area (Å²) in [6, 6.07) is 10.2. The van der Waals surface area contributed by atoms with E-state index in [4.69, 9.17) is 19.3 Å². The van der Waals surface area contributed by atoms with Crippen LogP contribution in [0.5, 0.6) is 11.6 Å². The molecule has 5 aromatic rings. The van der Waals surface area contributed by atoms with Crippen molar-refractivity contribution in [3.8, 4) is 28.8 Å². The van der Waals surface area contributed by atoms with Crippen LogP contribution in [-0.2, 0) is 17.9 Å². The van der Waals surface area contributed by atoms with E-state index in [0.29, 0.717) is 47.2 Å². The highest BCUT2D eigenvalue weighted by atomic mass is 16.5. The Balaban J connectivity index is 1.05. The van der Waals surface area contributed by atoms with Crippen LogP contribution >= 0.6 is 0 Å². The van der Waals surface area contributed by atoms with Gasteiger partial charge in [-0.15, -0.1) is 10.2 Å². The van der Waals surface area contributed by atoms with Crippen LogP contribution in [0.2, 0.25) is 0 Å². The van der Waals surface area contributed by atoms with Crippen molar-refractivity contribution >= 4 is 11.6 Å². The van der Waals surface area contributed by atoms with E-state index in [1.54, 1.807) is 41.6 Å². The largest absolute Gasteiger partial charge is 0.487 e. The third-order valence-electron chi connectivity index (χ3n) is 8.76. The van der Waals surface area contributed by atoms with Crippen molar-refractivity contribution in [2.75, 3.05) is 31.6 Å². The van der Waals surface area contributed by atoms with Crippen molar-refractivity contribution in [1.82, 2.24) is 54.8 Å². The molecule has 49 heavy (non-hydrogen) atoms. The molecule has 1 aliphatic heterocycles. The Morgan fingerprint density at radius 3 is 2.53 bits per heavy atom. The first kappa shape index (κ1) is 32.0. The molecule has 1 N–H and O–H groups in total. The zero-order valence-corrected chi connectivity index (χ0v) is 27.2. The number of nitrogens with one attached hydrogen (secondary N) is 1. The highest BCUT2D eigenvalue weighted by molar-refractivity contribution is 5.67. The van der Waals surface area contributed by atoms with Crippen molar-refractivity contribution in [2.45, 2.75) is 63.9 Å². The normalized spacial score (nSPS) is 18.8. The number of morpholine rings is 1. The fraction of sp³-hybridized carbons (Fsp3) is 0.424. The lowest BCUT2D eigenvalue weighted by molar-refractivity contribution is 0.00502. The van der Waals surface area contributed by atoms with E-state index in [-0.39, 0.29) is 18.8 Å². The van der Waals surface area contributed by atoms with E-state index < -0.39 is 0 Å². The van der Waals surface area contributed by atoms with Gasteiger partial charge in [-0.2, -0.15) is 5.26 Å². The summed E-state index contributed by atoms with van der Waals surface area (Å²) in [5.41, 5.74) is 2.65. The van der Waals surface area contributed by atoms with Crippen molar-refractivity contribution in [1.29, 1.82) is 5.26 Å². The van der Waals surface area contributed by atoms with Gasteiger partial charge >= 0.3 is 0 Å². The molecule has 7 rings (SSSR count). The molecule has 0 radical (unpaired) electrons. The van der Waals surface area contributed by atoms with Crippen molar-refractivity contribution in [2.24, 2.45) is 0 Å². The average molecular weight is 664 g/mol. The van der Waals surface area contributed by atoms with Crippen molar-refractivity contribution in [3.05, 3.63) is 73.0 Å². The highest BCUT2D eigenvalue weighted by Gasteiger charge is 2.29. The minimum absolute atomic E-state index is 0.174. The molecule has 1 atom stereocenters. The van der Waals surface area contributed by atoms with E-state index >= 15 is 0 Å². The Bertz CT molecular complexity index is 1830. The maximum Gasteiger partial charge on any atom is 0.257 e. The second-order valence-electron chi connectivity index (χ2n) is 12.1. The third-order valence-corrected chi connectivity index (χ3v) is 8.76. The molecule has 5 heterocycles. The van der Waals surface area contributed by atoms with Gasteiger partial charge in [-0.05, 0) is 66.8 Å². The van der Waals surface area contributed by atoms with E-state index in [2.05, 4.69) is 51.7 Å². The molecular formula is C33H37N13O3. The summed E-state index contributed by atoms with van der Waals surface area (Å²) >= 11 is 0.